The third-order valence-corrected chi connectivity index (χ3v) is 7.51. The van der Waals surface area contributed by atoms with E-state index in [1.807, 2.05) is 20.0 Å². The highest BCUT2D eigenvalue weighted by Crippen LogP contribution is 2.45. The lowest BCUT2D eigenvalue weighted by Crippen LogP contribution is -2.46. The fourth-order valence-electron chi connectivity index (χ4n) is 6.09. The summed E-state index contributed by atoms with van der Waals surface area (Å²) >= 11 is 0. The number of fused-ring (bicyclic) bond motifs is 3. The predicted octanol–water partition coefficient (Wildman–Crippen LogP) is 3.63. The van der Waals surface area contributed by atoms with Gasteiger partial charge in [-0.25, -0.2) is 4.98 Å². The van der Waals surface area contributed by atoms with Crippen LogP contribution in [0, 0.1) is 18.8 Å². The van der Waals surface area contributed by atoms with E-state index in [1.165, 1.54) is 24.1 Å². The van der Waals surface area contributed by atoms with Crippen molar-refractivity contribution in [1.29, 1.82) is 0 Å². The molecule has 2 bridgehead atoms. The van der Waals surface area contributed by atoms with Gasteiger partial charge in [-0.05, 0) is 88.0 Å². The van der Waals surface area contributed by atoms with E-state index in [1.54, 1.807) is 0 Å². The van der Waals surface area contributed by atoms with Crippen molar-refractivity contribution in [1.82, 2.24) is 9.97 Å². The van der Waals surface area contributed by atoms with Crippen LogP contribution in [-0.4, -0.2) is 51.5 Å². The minimum absolute atomic E-state index is 0.173. The number of aliphatic hydroxyl groups excluding tert-OH is 1. The Morgan fingerprint density at radius 3 is 2.97 bits per heavy atom. The number of nitrogens with zero attached hydrogens (tertiary/aromatic N) is 3. The Labute approximate surface area is 190 Å². The molecule has 2 saturated carbocycles. The van der Waals surface area contributed by atoms with Gasteiger partial charge < -0.3 is 25.7 Å². The molecule has 0 amide bonds. The molecule has 1 aliphatic heterocycles. The molecule has 4 atom stereocenters. The summed E-state index contributed by atoms with van der Waals surface area (Å²) in [6.07, 6.45) is 8.16. The standard InChI is InChI=1S/C25H35N5O2/c1-16-15-26-24(27-20-4-6-22-18(12-20)7-8-30(22)9-10-31)29-23(16)28-21-5-3-17-11-19(21)14-25(2,32)13-17/h4,6,12,15,17,19,21,31-32H,3,5,7-11,13-14H2,1-2H3,(H2,26,27,28,29). The Balaban J connectivity index is 1.29. The molecule has 5 rings (SSSR count). The summed E-state index contributed by atoms with van der Waals surface area (Å²) in [5.41, 5.74) is 3.97. The lowest BCUT2D eigenvalue weighted by molar-refractivity contribution is -0.0403. The molecule has 1 aromatic carbocycles. The minimum Gasteiger partial charge on any atom is -0.395 e. The Bertz CT molecular complexity index is 979. The van der Waals surface area contributed by atoms with Crippen LogP contribution in [0.5, 0.6) is 0 Å². The highest BCUT2D eigenvalue weighted by Gasteiger charge is 2.42. The van der Waals surface area contributed by atoms with Crippen LogP contribution in [0.2, 0.25) is 0 Å². The fraction of sp³-hybridized carbons (Fsp3) is 0.600. The Morgan fingerprint density at radius 2 is 2.12 bits per heavy atom. The summed E-state index contributed by atoms with van der Waals surface area (Å²) < 4.78 is 0. The Morgan fingerprint density at radius 1 is 1.25 bits per heavy atom. The van der Waals surface area contributed by atoms with Crippen molar-refractivity contribution >= 4 is 23.1 Å². The van der Waals surface area contributed by atoms with E-state index in [-0.39, 0.29) is 6.61 Å². The third-order valence-electron chi connectivity index (χ3n) is 7.51. The largest absolute Gasteiger partial charge is 0.395 e. The maximum absolute atomic E-state index is 10.7. The van der Waals surface area contributed by atoms with Gasteiger partial charge in [-0.15, -0.1) is 0 Å². The van der Waals surface area contributed by atoms with E-state index < -0.39 is 5.60 Å². The van der Waals surface area contributed by atoms with Gasteiger partial charge in [-0.2, -0.15) is 4.98 Å². The van der Waals surface area contributed by atoms with E-state index >= 15 is 0 Å². The van der Waals surface area contributed by atoms with Gasteiger partial charge in [0, 0.05) is 42.3 Å². The van der Waals surface area contributed by atoms with Crippen molar-refractivity contribution < 1.29 is 10.2 Å². The fourth-order valence-corrected chi connectivity index (χ4v) is 6.09. The molecule has 2 heterocycles. The molecule has 0 spiro atoms. The molecule has 4 unspecified atom stereocenters. The van der Waals surface area contributed by atoms with Crippen molar-refractivity contribution in [3.05, 3.63) is 35.5 Å². The first-order chi connectivity index (χ1) is 15.4. The molecule has 3 aliphatic rings. The first kappa shape index (κ1) is 21.5. The molecule has 4 N–H and O–H groups in total. The monoisotopic (exact) mass is 437 g/mol. The molecule has 32 heavy (non-hydrogen) atoms. The van der Waals surface area contributed by atoms with Crippen molar-refractivity contribution in [2.24, 2.45) is 11.8 Å². The molecule has 0 saturated heterocycles. The first-order valence-electron chi connectivity index (χ1n) is 12.0. The number of aromatic nitrogens is 2. The second-order valence-electron chi connectivity index (χ2n) is 10.2. The SMILES string of the molecule is Cc1cnc(Nc2ccc3c(c2)CCN3CCO)nc1NC1CCC2CC1CC(C)(O)C2. The van der Waals surface area contributed by atoms with Gasteiger partial charge in [0.25, 0.3) is 0 Å². The van der Waals surface area contributed by atoms with Crippen molar-refractivity contribution in [2.75, 3.05) is 35.2 Å². The number of rotatable bonds is 6. The topological polar surface area (TPSA) is 93.5 Å². The maximum atomic E-state index is 10.7. The first-order valence-corrected chi connectivity index (χ1v) is 12.0. The number of β-amino-alcohol motifs (C(OH)–C–C–N with tert-alkyl or cyclic N) is 1. The van der Waals surface area contributed by atoms with Crippen LogP contribution in [0.25, 0.3) is 0 Å². The molecule has 2 aromatic rings. The van der Waals surface area contributed by atoms with Crippen LogP contribution < -0.4 is 15.5 Å². The molecule has 0 radical (unpaired) electrons. The van der Waals surface area contributed by atoms with Gasteiger partial charge in [0.15, 0.2) is 0 Å². The van der Waals surface area contributed by atoms with Gasteiger partial charge in [0.05, 0.1) is 12.2 Å². The van der Waals surface area contributed by atoms with Crippen molar-refractivity contribution in [2.45, 2.75) is 64.0 Å². The summed E-state index contributed by atoms with van der Waals surface area (Å²) in [6.45, 7) is 5.83. The zero-order chi connectivity index (χ0) is 22.3. The van der Waals surface area contributed by atoms with E-state index in [2.05, 4.69) is 38.7 Å². The lowest BCUT2D eigenvalue weighted by Gasteiger charge is -2.46. The average Bonchev–Trinajstić information content (AvgIpc) is 3.14. The number of nitrogens with one attached hydrogen (secondary N) is 2. The summed E-state index contributed by atoms with van der Waals surface area (Å²) in [4.78, 5) is 11.5. The number of benzene rings is 1. The van der Waals surface area contributed by atoms with Gasteiger partial charge in [0.1, 0.15) is 5.82 Å². The van der Waals surface area contributed by atoms with Gasteiger partial charge in [-0.3, -0.25) is 0 Å². The molecular formula is C25H35N5O2. The summed E-state index contributed by atoms with van der Waals surface area (Å²) in [5, 5.41) is 27.0. The summed E-state index contributed by atoms with van der Waals surface area (Å²) in [7, 11) is 0. The quantitative estimate of drug-likeness (QED) is 0.548. The second kappa shape index (κ2) is 8.52. The summed E-state index contributed by atoms with van der Waals surface area (Å²) in [5.74, 6) is 2.61. The van der Waals surface area contributed by atoms with E-state index in [9.17, 15) is 10.2 Å². The van der Waals surface area contributed by atoms with Crippen LogP contribution in [0.15, 0.2) is 24.4 Å². The van der Waals surface area contributed by atoms with Crippen molar-refractivity contribution in [3.8, 4) is 0 Å². The number of aryl methyl sites for hydroxylation is 1. The minimum atomic E-state index is -0.540. The predicted molar refractivity (Wildman–Crippen MR) is 128 cm³/mol. The summed E-state index contributed by atoms with van der Waals surface area (Å²) in [6, 6.07) is 6.67. The number of hydrogen-bond donors (Lipinski definition) is 4. The zero-order valence-electron chi connectivity index (χ0n) is 19.1. The van der Waals surface area contributed by atoms with Gasteiger partial charge >= 0.3 is 0 Å². The normalized spacial score (nSPS) is 29.0. The average molecular weight is 438 g/mol. The smallest absolute Gasteiger partial charge is 0.229 e. The Kier molecular flexibility index (Phi) is 5.72. The van der Waals surface area contributed by atoms with Gasteiger partial charge in [0.2, 0.25) is 5.95 Å². The molecule has 2 fully saturated rings. The van der Waals surface area contributed by atoms with Crippen LogP contribution in [0.4, 0.5) is 23.1 Å². The third kappa shape index (κ3) is 4.41. The van der Waals surface area contributed by atoms with E-state index in [0.717, 1.165) is 49.3 Å². The zero-order valence-corrected chi connectivity index (χ0v) is 19.1. The highest BCUT2D eigenvalue weighted by molar-refractivity contribution is 5.66. The van der Waals surface area contributed by atoms with Crippen LogP contribution in [0.1, 0.15) is 50.2 Å². The van der Waals surface area contributed by atoms with Crippen LogP contribution >= 0.6 is 0 Å². The number of anilines is 4. The lowest BCUT2D eigenvalue weighted by atomic mass is 9.64. The van der Waals surface area contributed by atoms with Crippen LogP contribution in [-0.2, 0) is 6.42 Å². The van der Waals surface area contributed by atoms with Crippen molar-refractivity contribution in [3.63, 3.8) is 0 Å². The van der Waals surface area contributed by atoms with E-state index in [0.29, 0.717) is 30.4 Å². The van der Waals surface area contributed by atoms with Gasteiger partial charge in [-0.1, -0.05) is 0 Å². The maximum Gasteiger partial charge on any atom is 0.229 e. The second-order valence-corrected chi connectivity index (χ2v) is 10.2. The molecule has 172 valence electrons. The molecular weight excluding hydrogens is 402 g/mol. The molecule has 1 aromatic heterocycles. The molecule has 7 heteroatoms. The number of hydrogen-bond acceptors (Lipinski definition) is 7. The number of aliphatic hydroxyl groups is 2. The highest BCUT2D eigenvalue weighted by atomic mass is 16.3. The Hall–Kier alpha value is -2.38. The van der Waals surface area contributed by atoms with E-state index in [4.69, 9.17) is 4.98 Å². The van der Waals surface area contributed by atoms with Crippen LogP contribution in [0.3, 0.4) is 0 Å². The molecule has 7 nitrogen and oxygen atoms in total. The molecule has 2 aliphatic carbocycles.